The van der Waals surface area contributed by atoms with Gasteiger partial charge in [-0.3, -0.25) is 0 Å². The van der Waals surface area contributed by atoms with Gasteiger partial charge in [-0.25, -0.2) is 0 Å². The van der Waals surface area contributed by atoms with E-state index in [9.17, 15) is 0 Å². The van der Waals surface area contributed by atoms with Crippen LogP contribution in [0.1, 0.15) is 33.6 Å². The molecule has 1 aliphatic heterocycles. The van der Waals surface area contributed by atoms with E-state index in [0.717, 1.165) is 26.1 Å². The Morgan fingerprint density at radius 2 is 1.62 bits per heavy atom. The summed E-state index contributed by atoms with van der Waals surface area (Å²) < 4.78 is 11.3. The van der Waals surface area contributed by atoms with Crippen LogP contribution in [-0.4, -0.2) is 19.0 Å². The third-order valence-electron chi connectivity index (χ3n) is 2.17. The topological polar surface area (TPSA) is 18.5 Å². The Labute approximate surface area is 93.5 Å². The minimum absolute atomic E-state index is 0. The van der Waals surface area contributed by atoms with Crippen LogP contribution in [0, 0.1) is 12.3 Å². The van der Waals surface area contributed by atoms with Gasteiger partial charge < -0.3 is 16.4 Å². The average molecular weight is 178 g/mol. The van der Waals surface area contributed by atoms with Crippen LogP contribution in [0.5, 0.6) is 0 Å². The van der Waals surface area contributed by atoms with Gasteiger partial charge in [-0.1, -0.05) is 13.8 Å². The molecule has 0 radical (unpaired) electrons. The first-order valence-electron chi connectivity index (χ1n) is 4.55. The van der Waals surface area contributed by atoms with E-state index in [1.807, 2.05) is 6.92 Å². The molecule has 0 bridgehead atoms. The zero-order chi connectivity index (χ0) is 9.24. The van der Waals surface area contributed by atoms with Crippen molar-refractivity contribution in [3.63, 3.8) is 0 Å². The molecule has 72 valence electrons. The molecule has 1 heterocycles. The van der Waals surface area contributed by atoms with E-state index in [2.05, 4.69) is 20.8 Å². The van der Waals surface area contributed by atoms with Gasteiger partial charge in [-0.05, 0) is 13.3 Å². The molecule has 1 fully saturated rings. The standard InChI is InChI=1S/C10H19O2.Li/c1-5-6-10(4)11-7-9(2,3)8-12-10;/h1,5-8H2,2-4H3;/q-1;+1. The Morgan fingerprint density at radius 3 is 2.00 bits per heavy atom. The van der Waals surface area contributed by atoms with Gasteiger partial charge in [0.2, 0.25) is 0 Å². The molecule has 1 rings (SSSR count). The summed E-state index contributed by atoms with van der Waals surface area (Å²) in [6.45, 7) is 11.7. The van der Waals surface area contributed by atoms with Crippen molar-refractivity contribution in [1.29, 1.82) is 0 Å². The third kappa shape index (κ3) is 4.04. The van der Waals surface area contributed by atoms with Gasteiger partial charge in [-0.15, -0.1) is 0 Å². The Kier molecular flexibility index (Phi) is 5.04. The summed E-state index contributed by atoms with van der Waals surface area (Å²) in [6.07, 6.45) is 1.74. The van der Waals surface area contributed by atoms with Crippen LogP contribution < -0.4 is 18.9 Å². The monoisotopic (exact) mass is 178 g/mol. The molecule has 0 amide bonds. The summed E-state index contributed by atoms with van der Waals surface area (Å²) >= 11 is 0. The smallest absolute Gasteiger partial charge is 0.350 e. The van der Waals surface area contributed by atoms with Gasteiger partial charge >= 0.3 is 18.9 Å². The Balaban J connectivity index is 0.00000144. The molecule has 0 unspecified atom stereocenters. The van der Waals surface area contributed by atoms with E-state index < -0.39 is 0 Å². The van der Waals surface area contributed by atoms with E-state index in [1.54, 1.807) is 0 Å². The van der Waals surface area contributed by atoms with Gasteiger partial charge in [-0.2, -0.15) is 6.42 Å². The zero-order valence-electron chi connectivity index (χ0n) is 9.35. The molecule has 0 aromatic rings. The average Bonchev–Trinajstić information content (AvgIpc) is 1.98. The van der Waals surface area contributed by atoms with Gasteiger partial charge in [0.05, 0.1) is 13.2 Å². The van der Waals surface area contributed by atoms with Gasteiger partial charge in [0.25, 0.3) is 0 Å². The Morgan fingerprint density at radius 1 is 1.15 bits per heavy atom. The SMILES string of the molecule is [CH2-]CCC1(C)OCC(C)(C)CO1.[Li+]. The van der Waals surface area contributed by atoms with Crippen molar-refractivity contribution in [3.8, 4) is 0 Å². The van der Waals surface area contributed by atoms with Gasteiger partial charge in [0, 0.05) is 5.41 Å². The second-order valence-electron chi connectivity index (χ2n) is 4.48. The maximum Gasteiger partial charge on any atom is 1.00 e. The minimum atomic E-state index is -0.378. The molecule has 0 aromatic heterocycles. The van der Waals surface area contributed by atoms with Crippen LogP contribution in [0.15, 0.2) is 0 Å². The van der Waals surface area contributed by atoms with Crippen molar-refractivity contribution < 1.29 is 28.3 Å². The summed E-state index contributed by atoms with van der Waals surface area (Å²) in [5, 5.41) is 0. The first kappa shape index (κ1) is 13.5. The van der Waals surface area contributed by atoms with Crippen LogP contribution in [-0.2, 0) is 9.47 Å². The number of hydrogen-bond acceptors (Lipinski definition) is 2. The molecule has 1 aliphatic rings. The van der Waals surface area contributed by atoms with Crippen molar-refractivity contribution in [2.45, 2.75) is 39.4 Å². The Hall–Kier alpha value is 0.517. The quantitative estimate of drug-likeness (QED) is 0.415. The largest absolute Gasteiger partial charge is 1.00 e. The number of rotatable bonds is 2. The molecule has 0 spiro atoms. The van der Waals surface area contributed by atoms with E-state index in [0.29, 0.717) is 0 Å². The summed E-state index contributed by atoms with van der Waals surface area (Å²) in [5.41, 5.74) is 0.167. The van der Waals surface area contributed by atoms with Crippen LogP contribution in [0.25, 0.3) is 0 Å². The first-order chi connectivity index (χ1) is 5.47. The third-order valence-corrected chi connectivity index (χ3v) is 2.17. The second kappa shape index (κ2) is 4.84. The second-order valence-corrected chi connectivity index (χ2v) is 4.48. The van der Waals surface area contributed by atoms with Crippen molar-refractivity contribution in [2.75, 3.05) is 13.2 Å². The molecule has 0 atom stereocenters. The van der Waals surface area contributed by atoms with Crippen LogP contribution >= 0.6 is 0 Å². The van der Waals surface area contributed by atoms with Gasteiger partial charge in [0.1, 0.15) is 0 Å². The van der Waals surface area contributed by atoms with Crippen LogP contribution in [0.4, 0.5) is 0 Å². The predicted molar refractivity (Wildman–Crippen MR) is 48.7 cm³/mol. The van der Waals surface area contributed by atoms with Crippen LogP contribution in [0.2, 0.25) is 0 Å². The fourth-order valence-electron chi connectivity index (χ4n) is 1.24. The molecule has 0 saturated carbocycles. The minimum Gasteiger partial charge on any atom is -0.350 e. The summed E-state index contributed by atoms with van der Waals surface area (Å²) in [6, 6.07) is 0. The fraction of sp³-hybridized carbons (Fsp3) is 0.900. The first-order valence-corrected chi connectivity index (χ1v) is 4.55. The summed E-state index contributed by atoms with van der Waals surface area (Å²) in [4.78, 5) is 0. The predicted octanol–water partition coefficient (Wildman–Crippen LogP) is -0.606. The van der Waals surface area contributed by atoms with Crippen molar-refractivity contribution in [1.82, 2.24) is 0 Å². The maximum atomic E-state index is 5.66. The van der Waals surface area contributed by atoms with E-state index in [4.69, 9.17) is 9.47 Å². The maximum absolute atomic E-state index is 5.66. The van der Waals surface area contributed by atoms with Crippen molar-refractivity contribution in [3.05, 3.63) is 6.92 Å². The van der Waals surface area contributed by atoms with Gasteiger partial charge in [0.15, 0.2) is 5.79 Å². The summed E-state index contributed by atoms with van der Waals surface area (Å²) in [5.74, 6) is -0.378. The number of hydrogen-bond donors (Lipinski definition) is 0. The zero-order valence-corrected chi connectivity index (χ0v) is 9.35. The van der Waals surface area contributed by atoms with Crippen molar-refractivity contribution in [2.24, 2.45) is 5.41 Å². The fourth-order valence-corrected chi connectivity index (χ4v) is 1.24. The Bertz CT molecular complexity index is 147. The normalized spacial score (nSPS) is 24.9. The molecule has 1 saturated heterocycles. The molecule has 13 heavy (non-hydrogen) atoms. The molecular formula is C10H19LiO2. The molecule has 2 nitrogen and oxygen atoms in total. The summed E-state index contributed by atoms with van der Waals surface area (Å²) in [7, 11) is 0. The van der Waals surface area contributed by atoms with E-state index in [1.165, 1.54) is 0 Å². The molecule has 0 N–H and O–H groups in total. The molecular weight excluding hydrogens is 159 g/mol. The number of ether oxygens (including phenoxy) is 2. The molecule has 3 heteroatoms. The molecule has 0 aromatic carbocycles. The van der Waals surface area contributed by atoms with E-state index in [-0.39, 0.29) is 30.1 Å². The molecule has 0 aliphatic carbocycles. The van der Waals surface area contributed by atoms with Crippen LogP contribution in [0.3, 0.4) is 0 Å². The van der Waals surface area contributed by atoms with Crippen molar-refractivity contribution >= 4 is 0 Å². The van der Waals surface area contributed by atoms with E-state index >= 15 is 0 Å².